The maximum atomic E-state index is 6.39. The van der Waals surface area contributed by atoms with E-state index in [1.807, 2.05) is 0 Å². The quantitative estimate of drug-likeness (QED) is 0.422. The summed E-state index contributed by atoms with van der Waals surface area (Å²) in [5, 5.41) is 7.64. The van der Waals surface area contributed by atoms with E-state index in [1.165, 1.54) is 122 Å². The molecule has 0 amide bonds. The van der Waals surface area contributed by atoms with Crippen molar-refractivity contribution >= 4 is 0 Å². The van der Waals surface area contributed by atoms with Gasteiger partial charge in [0.25, 0.3) is 0 Å². The normalized spacial score (nSPS) is 34.1. The molecule has 4 rings (SSSR count). The second kappa shape index (κ2) is 13.5. The van der Waals surface area contributed by atoms with Crippen molar-refractivity contribution in [1.29, 1.82) is 0 Å². The summed E-state index contributed by atoms with van der Waals surface area (Å²) >= 11 is 0. The van der Waals surface area contributed by atoms with E-state index in [-0.39, 0.29) is 0 Å². The van der Waals surface area contributed by atoms with E-state index < -0.39 is 0 Å². The molecule has 180 valence electrons. The molecular weight excluding hydrogens is 384 g/mol. The number of hydrogen-bond acceptors (Lipinski definition) is 4. The highest BCUT2D eigenvalue weighted by atomic mass is 16.5. The molecule has 0 aromatic rings. The number of ether oxygens (including phenoxy) is 2. The Morgan fingerprint density at radius 2 is 0.774 bits per heavy atom. The molecule has 4 aliphatic rings. The first-order chi connectivity index (χ1) is 15.3. The van der Waals surface area contributed by atoms with Gasteiger partial charge in [0.05, 0.1) is 24.4 Å². The molecule has 0 aromatic carbocycles. The summed E-state index contributed by atoms with van der Waals surface area (Å²) in [5.74, 6) is 0. The summed E-state index contributed by atoms with van der Waals surface area (Å²) in [4.78, 5) is 0. The van der Waals surface area contributed by atoms with Gasteiger partial charge in [-0.25, -0.2) is 0 Å². The van der Waals surface area contributed by atoms with Gasteiger partial charge in [0.15, 0.2) is 0 Å². The molecule has 4 nitrogen and oxygen atoms in total. The lowest BCUT2D eigenvalue weighted by Crippen LogP contribution is -2.39. The third kappa shape index (κ3) is 8.61. The van der Waals surface area contributed by atoms with Crippen LogP contribution in [-0.2, 0) is 9.47 Å². The lowest BCUT2D eigenvalue weighted by atomic mass is 9.91. The first kappa shape index (κ1) is 24.0. The Bertz CT molecular complexity index is 418. The molecule has 0 atom stereocenters. The van der Waals surface area contributed by atoms with Crippen molar-refractivity contribution in [3.05, 3.63) is 0 Å². The lowest BCUT2D eigenvalue weighted by molar-refractivity contribution is -0.0483. The monoisotopic (exact) mass is 434 g/mol. The standard InChI is InChI=1S/C27H50N2O2/c1-3-8-24(9-4-1)30-26-16-12-22(13-17-26)28-20-7-21-29-23-14-18-27(19-15-23)31-25-10-5-2-6-11-25/h22-29H,1-21H2. The topological polar surface area (TPSA) is 42.5 Å². The fourth-order valence-corrected chi connectivity index (χ4v) is 6.45. The predicted molar refractivity (Wildman–Crippen MR) is 129 cm³/mol. The Balaban J connectivity index is 0.977. The van der Waals surface area contributed by atoms with Crippen molar-refractivity contribution in [2.45, 2.75) is 158 Å². The lowest BCUT2D eigenvalue weighted by Gasteiger charge is -2.33. The van der Waals surface area contributed by atoms with Gasteiger partial charge in [0.1, 0.15) is 0 Å². The van der Waals surface area contributed by atoms with Gasteiger partial charge in [-0.3, -0.25) is 0 Å². The first-order valence-corrected chi connectivity index (χ1v) is 14.1. The minimum absolute atomic E-state index is 0.542. The maximum absolute atomic E-state index is 6.39. The second-order valence-electron chi connectivity index (χ2n) is 11.0. The third-order valence-electron chi connectivity index (χ3n) is 8.44. The van der Waals surface area contributed by atoms with Gasteiger partial charge >= 0.3 is 0 Å². The van der Waals surface area contributed by atoms with Gasteiger partial charge in [-0.15, -0.1) is 0 Å². The number of rotatable bonds is 10. The number of nitrogens with one attached hydrogen (secondary N) is 2. The van der Waals surface area contributed by atoms with Crippen LogP contribution in [0.15, 0.2) is 0 Å². The second-order valence-corrected chi connectivity index (χ2v) is 11.0. The van der Waals surface area contributed by atoms with Crippen LogP contribution >= 0.6 is 0 Å². The average molecular weight is 435 g/mol. The Morgan fingerprint density at radius 1 is 0.419 bits per heavy atom. The molecule has 0 aromatic heterocycles. The Labute approximate surface area is 192 Å². The van der Waals surface area contributed by atoms with Crippen molar-refractivity contribution in [2.24, 2.45) is 0 Å². The van der Waals surface area contributed by atoms with Gasteiger partial charge in [0.2, 0.25) is 0 Å². The predicted octanol–water partition coefficient (Wildman–Crippen LogP) is 5.88. The zero-order chi connectivity index (χ0) is 21.1. The summed E-state index contributed by atoms with van der Waals surface area (Å²) < 4.78 is 12.8. The highest BCUT2D eigenvalue weighted by molar-refractivity contribution is 4.81. The van der Waals surface area contributed by atoms with Crippen molar-refractivity contribution in [3.63, 3.8) is 0 Å². The van der Waals surface area contributed by atoms with E-state index in [0.717, 1.165) is 25.2 Å². The van der Waals surface area contributed by atoms with Crippen molar-refractivity contribution < 1.29 is 9.47 Å². The smallest absolute Gasteiger partial charge is 0.0580 e. The molecule has 0 radical (unpaired) electrons. The SMILES string of the molecule is C1CCC(OC2CCC(NCCCNC3CCC(OC4CCCCC4)CC3)CC2)CC1. The molecule has 0 heterocycles. The van der Waals surface area contributed by atoms with Crippen LogP contribution in [0.3, 0.4) is 0 Å². The van der Waals surface area contributed by atoms with Crippen molar-refractivity contribution in [2.75, 3.05) is 13.1 Å². The van der Waals surface area contributed by atoms with Crippen molar-refractivity contribution in [3.8, 4) is 0 Å². The first-order valence-electron chi connectivity index (χ1n) is 14.1. The van der Waals surface area contributed by atoms with Crippen LogP contribution in [0.5, 0.6) is 0 Å². The third-order valence-corrected chi connectivity index (χ3v) is 8.44. The van der Waals surface area contributed by atoms with Gasteiger partial charge in [0, 0.05) is 12.1 Å². The van der Waals surface area contributed by atoms with Gasteiger partial charge < -0.3 is 20.1 Å². The molecular formula is C27H50N2O2. The highest BCUT2D eigenvalue weighted by Gasteiger charge is 2.26. The summed E-state index contributed by atoms with van der Waals surface area (Å²) in [6.07, 6.45) is 27.3. The van der Waals surface area contributed by atoms with Crippen LogP contribution in [0.25, 0.3) is 0 Å². The summed E-state index contributed by atoms with van der Waals surface area (Å²) in [5.41, 5.74) is 0. The van der Waals surface area contributed by atoms with Crippen molar-refractivity contribution in [1.82, 2.24) is 10.6 Å². The minimum Gasteiger partial charge on any atom is -0.375 e. The molecule has 0 aliphatic heterocycles. The van der Waals surface area contributed by atoms with Crippen LogP contribution in [0.4, 0.5) is 0 Å². The van der Waals surface area contributed by atoms with Crippen LogP contribution < -0.4 is 10.6 Å². The minimum atomic E-state index is 0.542. The molecule has 0 spiro atoms. The zero-order valence-electron chi connectivity index (χ0n) is 20.1. The van der Waals surface area contributed by atoms with E-state index in [9.17, 15) is 0 Å². The largest absolute Gasteiger partial charge is 0.375 e. The van der Waals surface area contributed by atoms with Gasteiger partial charge in [-0.2, -0.15) is 0 Å². The highest BCUT2D eigenvalue weighted by Crippen LogP contribution is 2.28. The van der Waals surface area contributed by atoms with E-state index in [0.29, 0.717) is 24.4 Å². The van der Waals surface area contributed by atoms with Gasteiger partial charge in [-0.1, -0.05) is 38.5 Å². The summed E-state index contributed by atoms with van der Waals surface area (Å²) in [7, 11) is 0. The van der Waals surface area contributed by atoms with E-state index in [1.54, 1.807) is 0 Å². The van der Waals surface area contributed by atoms with Crippen LogP contribution in [0.1, 0.15) is 122 Å². The zero-order valence-corrected chi connectivity index (χ0v) is 20.1. The Kier molecular flexibility index (Phi) is 10.5. The molecule has 0 bridgehead atoms. The van der Waals surface area contributed by atoms with Gasteiger partial charge in [-0.05, 0) is 96.6 Å². The van der Waals surface area contributed by atoms with E-state index in [2.05, 4.69) is 10.6 Å². The summed E-state index contributed by atoms with van der Waals surface area (Å²) in [6.45, 7) is 2.32. The molecule has 4 aliphatic carbocycles. The Hall–Kier alpha value is -0.160. The fraction of sp³-hybridized carbons (Fsp3) is 1.00. The molecule has 4 saturated carbocycles. The van der Waals surface area contributed by atoms with E-state index in [4.69, 9.17) is 9.47 Å². The molecule has 0 saturated heterocycles. The van der Waals surface area contributed by atoms with Crippen LogP contribution in [0, 0.1) is 0 Å². The molecule has 4 heteroatoms. The average Bonchev–Trinajstić information content (AvgIpc) is 2.82. The summed E-state index contributed by atoms with van der Waals surface area (Å²) in [6, 6.07) is 1.44. The number of hydrogen-bond donors (Lipinski definition) is 2. The maximum Gasteiger partial charge on any atom is 0.0580 e. The Morgan fingerprint density at radius 3 is 1.16 bits per heavy atom. The molecule has 0 unspecified atom stereocenters. The molecule has 2 N–H and O–H groups in total. The molecule has 31 heavy (non-hydrogen) atoms. The van der Waals surface area contributed by atoms with Crippen LogP contribution in [0.2, 0.25) is 0 Å². The fourth-order valence-electron chi connectivity index (χ4n) is 6.45. The van der Waals surface area contributed by atoms with E-state index >= 15 is 0 Å². The molecule has 4 fully saturated rings. The van der Waals surface area contributed by atoms with Crippen LogP contribution in [-0.4, -0.2) is 49.6 Å².